The normalized spacial score (nSPS) is 15.4. The third-order valence-electron chi connectivity index (χ3n) is 2.02. The first-order chi connectivity index (χ1) is 7.07. The van der Waals surface area contributed by atoms with E-state index in [1.807, 2.05) is 0 Å². The van der Waals surface area contributed by atoms with Gasteiger partial charge in [-0.25, -0.2) is 0 Å². The second-order valence-corrected chi connectivity index (χ2v) is 3.38. The minimum Gasteiger partial charge on any atom is -0.481 e. The number of carbonyl (C=O) groups excluding carboxylic acids is 1. The predicted octanol–water partition coefficient (Wildman–Crippen LogP) is 0.0887. The zero-order chi connectivity index (χ0) is 13.1. The molecule has 0 aromatic heterocycles. The van der Waals surface area contributed by atoms with Gasteiger partial charge in [-0.1, -0.05) is 0 Å². The average Bonchev–Trinajstić information content (AvgIpc) is 2.13. The molecule has 8 heteroatoms. The summed E-state index contributed by atoms with van der Waals surface area (Å²) in [6.45, 7) is 0.449. The van der Waals surface area contributed by atoms with Gasteiger partial charge in [0, 0.05) is 13.6 Å². The number of amides is 1. The fourth-order valence-electron chi connectivity index (χ4n) is 0.903. The molecule has 2 unspecified atom stereocenters. The Morgan fingerprint density at radius 2 is 1.81 bits per heavy atom. The molecule has 94 valence electrons. The average molecular weight is 243 g/mol. The predicted molar refractivity (Wildman–Crippen MR) is 46.5 cm³/mol. The molecule has 0 aliphatic carbocycles. The molecule has 1 amide bonds. The maximum Gasteiger partial charge on any atom is 0.471 e. The van der Waals surface area contributed by atoms with Crippen LogP contribution in [0, 0.1) is 5.92 Å². The largest absolute Gasteiger partial charge is 0.481 e. The van der Waals surface area contributed by atoms with Crippen LogP contribution in [0.25, 0.3) is 0 Å². The maximum absolute atomic E-state index is 11.9. The molecule has 0 radical (unpaired) electrons. The number of nitrogens with zero attached hydrogens (tertiary/aromatic N) is 1. The Labute approximate surface area is 89.5 Å². The number of aliphatic hydroxyl groups is 1. The first-order valence-corrected chi connectivity index (χ1v) is 4.30. The minimum atomic E-state index is -5.03. The topological polar surface area (TPSA) is 77.8 Å². The Kier molecular flexibility index (Phi) is 4.73. The smallest absolute Gasteiger partial charge is 0.471 e. The number of alkyl halides is 3. The van der Waals surface area contributed by atoms with Crippen LogP contribution in [0.5, 0.6) is 0 Å². The van der Waals surface area contributed by atoms with Crippen molar-refractivity contribution in [2.24, 2.45) is 5.92 Å². The molecule has 0 aromatic carbocycles. The molecule has 2 N–H and O–H groups in total. The Balaban J connectivity index is 4.41. The van der Waals surface area contributed by atoms with E-state index >= 15 is 0 Å². The van der Waals surface area contributed by atoms with Crippen molar-refractivity contribution < 1.29 is 33.0 Å². The van der Waals surface area contributed by atoms with Crippen LogP contribution < -0.4 is 0 Å². The third-order valence-corrected chi connectivity index (χ3v) is 2.02. The zero-order valence-electron chi connectivity index (χ0n) is 8.65. The summed E-state index contributed by atoms with van der Waals surface area (Å²) in [4.78, 5) is 21.3. The van der Waals surface area contributed by atoms with Gasteiger partial charge in [-0.2, -0.15) is 13.2 Å². The number of hydrogen-bond donors (Lipinski definition) is 2. The molecule has 0 saturated carbocycles. The zero-order valence-corrected chi connectivity index (χ0v) is 8.65. The standard InChI is InChI=1S/C8H12F3NO4/c1-4(6(14)15)5(13)3-12(2)7(16)8(9,10)11/h4-5,13H,3H2,1-2H3,(H,14,15). The van der Waals surface area contributed by atoms with Gasteiger partial charge < -0.3 is 15.1 Å². The van der Waals surface area contributed by atoms with Crippen molar-refractivity contribution in [1.29, 1.82) is 0 Å². The first kappa shape index (κ1) is 14.7. The highest BCUT2D eigenvalue weighted by Crippen LogP contribution is 2.18. The number of hydrogen-bond acceptors (Lipinski definition) is 3. The van der Waals surface area contributed by atoms with Gasteiger partial charge in [-0.3, -0.25) is 9.59 Å². The summed E-state index contributed by atoms with van der Waals surface area (Å²) < 4.78 is 35.8. The number of rotatable bonds is 4. The highest BCUT2D eigenvalue weighted by molar-refractivity contribution is 5.81. The summed E-state index contributed by atoms with van der Waals surface area (Å²) >= 11 is 0. The van der Waals surface area contributed by atoms with Crippen molar-refractivity contribution in [3.05, 3.63) is 0 Å². The molecule has 0 saturated heterocycles. The summed E-state index contributed by atoms with van der Waals surface area (Å²) in [5.74, 6) is -4.71. The summed E-state index contributed by atoms with van der Waals surface area (Å²) in [7, 11) is 0.841. The molecule has 0 aromatic rings. The lowest BCUT2D eigenvalue weighted by molar-refractivity contribution is -0.185. The molecule has 0 aliphatic rings. The van der Waals surface area contributed by atoms with Crippen LogP contribution >= 0.6 is 0 Å². The molecule has 2 atom stereocenters. The lowest BCUT2D eigenvalue weighted by atomic mass is 10.1. The molecule has 0 rings (SSSR count). The molecular formula is C8H12F3NO4. The van der Waals surface area contributed by atoms with Crippen molar-refractivity contribution in [2.75, 3.05) is 13.6 Å². The van der Waals surface area contributed by atoms with Crippen LogP contribution in [0.3, 0.4) is 0 Å². The van der Waals surface area contributed by atoms with E-state index in [-0.39, 0.29) is 4.90 Å². The van der Waals surface area contributed by atoms with Gasteiger partial charge in [0.05, 0.1) is 12.0 Å². The Hall–Kier alpha value is -1.31. The monoisotopic (exact) mass is 243 g/mol. The SMILES string of the molecule is CC(C(=O)O)C(O)CN(C)C(=O)C(F)(F)F. The fourth-order valence-corrected chi connectivity index (χ4v) is 0.903. The van der Waals surface area contributed by atoms with Crippen molar-refractivity contribution in [2.45, 2.75) is 19.2 Å². The Morgan fingerprint density at radius 1 is 1.38 bits per heavy atom. The first-order valence-electron chi connectivity index (χ1n) is 4.30. The molecule has 5 nitrogen and oxygen atoms in total. The van der Waals surface area contributed by atoms with Crippen molar-refractivity contribution in [3.63, 3.8) is 0 Å². The highest BCUT2D eigenvalue weighted by atomic mass is 19.4. The van der Waals surface area contributed by atoms with E-state index in [2.05, 4.69) is 0 Å². The van der Waals surface area contributed by atoms with Crippen LogP contribution in [0.15, 0.2) is 0 Å². The molecule has 0 spiro atoms. The van der Waals surface area contributed by atoms with Gasteiger partial charge in [-0.05, 0) is 6.92 Å². The van der Waals surface area contributed by atoms with Crippen LogP contribution in [0.2, 0.25) is 0 Å². The van der Waals surface area contributed by atoms with Gasteiger partial charge in [0.1, 0.15) is 0 Å². The third kappa shape index (κ3) is 4.05. The molecule has 0 fully saturated rings. The summed E-state index contributed by atoms with van der Waals surface area (Å²) in [6.07, 6.45) is -6.57. The second kappa shape index (κ2) is 5.15. The summed E-state index contributed by atoms with van der Waals surface area (Å²) in [6, 6.07) is 0. The van der Waals surface area contributed by atoms with E-state index in [1.165, 1.54) is 0 Å². The number of likely N-dealkylation sites (N-methyl/N-ethyl adjacent to an activating group) is 1. The Bertz CT molecular complexity index is 279. The van der Waals surface area contributed by atoms with E-state index in [0.717, 1.165) is 14.0 Å². The van der Waals surface area contributed by atoms with Gasteiger partial charge in [0.25, 0.3) is 0 Å². The van der Waals surface area contributed by atoms with Gasteiger partial charge >= 0.3 is 18.1 Å². The Morgan fingerprint density at radius 3 is 2.12 bits per heavy atom. The quantitative estimate of drug-likeness (QED) is 0.733. The molecule has 16 heavy (non-hydrogen) atoms. The van der Waals surface area contributed by atoms with E-state index < -0.39 is 36.6 Å². The molecule has 0 aliphatic heterocycles. The lowest BCUT2D eigenvalue weighted by Gasteiger charge is -2.23. The van der Waals surface area contributed by atoms with Crippen LogP contribution in [0.1, 0.15) is 6.92 Å². The van der Waals surface area contributed by atoms with E-state index in [0.29, 0.717) is 0 Å². The van der Waals surface area contributed by atoms with Gasteiger partial charge in [-0.15, -0.1) is 0 Å². The maximum atomic E-state index is 11.9. The van der Waals surface area contributed by atoms with E-state index in [9.17, 15) is 27.9 Å². The van der Waals surface area contributed by atoms with Crippen molar-refractivity contribution in [3.8, 4) is 0 Å². The van der Waals surface area contributed by atoms with Crippen LogP contribution in [-0.4, -0.2) is 52.9 Å². The number of aliphatic carboxylic acids is 1. The van der Waals surface area contributed by atoms with Gasteiger partial charge in [0.2, 0.25) is 0 Å². The number of carboxylic acids is 1. The van der Waals surface area contributed by atoms with Crippen molar-refractivity contribution >= 4 is 11.9 Å². The number of halogens is 3. The fraction of sp³-hybridized carbons (Fsp3) is 0.750. The van der Waals surface area contributed by atoms with Gasteiger partial charge in [0.15, 0.2) is 0 Å². The minimum absolute atomic E-state index is 0.240. The number of aliphatic hydroxyl groups excluding tert-OH is 1. The lowest BCUT2D eigenvalue weighted by Crippen LogP contribution is -2.44. The number of carbonyl (C=O) groups is 2. The van der Waals surface area contributed by atoms with Crippen molar-refractivity contribution in [1.82, 2.24) is 4.90 Å². The highest BCUT2D eigenvalue weighted by Gasteiger charge is 2.42. The molecule has 0 heterocycles. The molecular weight excluding hydrogens is 231 g/mol. The van der Waals surface area contributed by atoms with Crippen LogP contribution in [-0.2, 0) is 9.59 Å². The summed E-state index contributed by atoms with van der Waals surface area (Å²) in [5.41, 5.74) is 0. The van der Waals surface area contributed by atoms with E-state index in [4.69, 9.17) is 5.11 Å². The molecule has 0 bridgehead atoms. The summed E-state index contributed by atoms with van der Waals surface area (Å²) in [5, 5.41) is 17.7. The van der Waals surface area contributed by atoms with E-state index in [1.54, 1.807) is 0 Å². The van der Waals surface area contributed by atoms with Crippen LogP contribution in [0.4, 0.5) is 13.2 Å². The number of carboxylic acid groups (broad SMARTS) is 1. The second-order valence-electron chi connectivity index (χ2n) is 3.38.